The van der Waals surface area contributed by atoms with Crippen LogP contribution in [0.15, 0.2) is 36.4 Å². The Morgan fingerprint density at radius 2 is 1.14 bits per heavy atom. The smallest absolute Gasteiger partial charge is 0.126 e. The van der Waals surface area contributed by atoms with Crippen LogP contribution in [0.4, 0.5) is 17.6 Å². The molecule has 2 atom stereocenters. The van der Waals surface area contributed by atoms with Gasteiger partial charge < -0.3 is 4.48 Å². The summed E-state index contributed by atoms with van der Waals surface area (Å²) < 4.78 is 56.6. The number of quaternary nitrogens is 1. The molecule has 28 heavy (non-hydrogen) atoms. The molecule has 0 spiro atoms. The molecule has 2 unspecified atom stereocenters. The average molecular weight is 392 g/mol. The van der Waals surface area contributed by atoms with Crippen molar-refractivity contribution in [2.24, 2.45) is 5.92 Å². The largest absolute Gasteiger partial charge is 0.324 e. The Hall–Kier alpha value is -1.88. The minimum absolute atomic E-state index is 0.367. The molecule has 0 aliphatic carbocycles. The maximum atomic E-state index is 13.9. The SMILES string of the molecule is C[N+]1(C)C2CCC1CC(CC(c1cc(F)cc(F)c1)c1cc(F)cc(F)c1)C2. The molecule has 150 valence electrons. The average Bonchev–Trinajstić information content (AvgIpc) is 2.76. The lowest BCUT2D eigenvalue weighted by molar-refractivity contribution is -0.931. The summed E-state index contributed by atoms with van der Waals surface area (Å²) in [6.07, 6.45) is 5.11. The Balaban J connectivity index is 1.68. The molecule has 2 fully saturated rings. The second-order valence-electron chi connectivity index (χ2n) is 9.05. The molecule has 4 rings (SSSR count). The maximum absolute atomic E-state index is 13.9. The molecule has 2 bridgehead atoms. The van der Waals surface area contributed by atoms with E-state index < -0.39 is 29.2 Å². The minimum atomic E-state index is -0.668. The summed E-state index contributed by atoms with van der Waals surface area (Å²) in [4.78, 5) is 0. The highest BCUT2D eigenvalue weighted by Crippen LogP contribution is 2.46. The molecule has 0 aromatic heterocycles. The summed E-state index contributed by atoms with van der Waals surface area (Å²) in [6, 6.07) is 7.96. The highest BCUT2D eigenvalue weighted by Gasteiger charge is 2.49. The van der Waals surface area contributed by atoms with Gasteiger partial charge >= 0.3 is 0 Å². The van der Waals surface area contributed by atoms with E-state index in [-0.39, 0.29) is 0 Å². The fourth-order valence-corrected chi connectivity index (χ4v) is 5.54. The van der Waals surface area contributed by atoms with Crippen molar-refractivity contribution < 1.29 is 22.0 Å². The Morgan fingerprint density at radius 3 is 1.54 bits per heavy atom. The van der Waals surface area contributed by atoms with Crippen LogP contribution < -0.4 is 0 Å². The number of piperidine rings is 1. The summed E-state index contributed by atoms with van der Waals surface area (Å²) in [5, 5.41) is 0. The second-order valence-corrected chi connectivity index (χ2v) is 9.05. The molecule has 2 aromatic rings. The number of hydrogen-bond donors (Lipinski definition) is 0. The first-order valence-corrected chi connectivity index (χ1v) is 9.97. The van der Waals surface area contributed by atoms with E-state index in [4.69, 9.17) is 0 Å². The van der Waals surface area contributed by atoms with E-state index in [1.165, 1.54) is 37.1 Å². The third-order valence-electron chi connectivity index (χ3n) is 7.07. The van der Waals surface area contributed by atoms with E-state index in [0.29, 0.717) is 35.5 Å². The minimum Gasteiger partial charge on any atom is -0.324 e. The van der Waals surface area contributed by atoms with E-state index in [1.54, 1.807) is 0 Å². The Kier molecular flexibility index (Phi) is 4.98. The quantitative estimate of drug-likeness (QED) is 0.457. The second kappa shape index (κ2) is 7.18. The lowest BCUT2D eigenvalue weighted by Crippen LogP contribution is -2.54. The van der Waals surface area contributed by atoms with Crippen molar-refractivity contribution in [2.45, 2.75) is 50.1 Å². The Morgan fingerprint density at radius 1 is 0.750 bits per heavy atom. The number of halogens is 4. The van der Waals surface area contributed by atoms with Crippen LogP contribution in [0.25, 0.3) is 0 Å². The zero-order chi connectivity index (χ0) is 20.1. The summed E-state index contributed by atoms with van der Waals surface area (Å²) >= 11 is 0. The first-order valence-electron chi connectivity index (χ1n) is 9.97. The van der Waals surface area contributed by atoms with Gasteiger partial charge in [-0.25, -0.2) is 17.6 Å². The van der Waals surface area contributed by atoms with Gasteiger partial charge in [0.2, 0.25) is 0 Å². The van der Waals surface area contributed by atoms with Gasteiger partial charge in [0.25, 0.3) is 0 Å². The third kappa shape index (κ3) is 3.69. The van der Waals surface area contributed by atoms with Gasteiger partial charge in [-0.1, -0.05) is 0 Å². The first-order chi connectivity index (χ1) is 13.2. The van der Waals surface area contributed by atoms with E-state index in [1.807, 2.05) is 0 Å². The van der Waals surface area contributed by atoms with Crippen LogP contribution in [0.1, 0.15) is 49.1 Å². The topological polar surface area (TPSA) is 0 Å². The van der Waals surface area contributed by atoms with E-state index in [0.717, 1.165) is 29.5 Å². The van der Waals surface area contributed by atoms with Crippen molar-refractivity contribution >= 4 is 0 Å². The standard InChI is InChI=1S/C23H26F4N/c1-28(2)21-3-4-22(28)6-14(5-21)7-23(15-8-17(24)12-18(25)9-15)16-10-19(26)13-20(27)11-16/h8-14,21-23H,3-7H2,1-2H3/q+1. The molecule has 1 nitrogen and oxygen atoms in total. The Bertz CT molecular complexity index is 771. The summed E-state index contributed by atoms with van der Waals surface area (Å²) in [7, 11) is 4.56. The summed E-state index contributed by atoms with van der Waals surface area (Å²) in [5.74, 6) is -2.74. The van der Waals surface area contributed by atoms with Crippen LogP contribution in [0.5, 0.6) is 0 Å². The highest BCUT2D eigenvalue weighted by atomic mass is 19.1. The zero-order valence-electron chi connectivity index (χ0n) is 16.3. The van der Waals surface area contributed by atoms with Gasteiger partial charge in [-0.15, -0.1) is 0 Å². The highest BCUT2D eigenvalue weighted by molar-refractivity contribution is 5.34. The van der Waals surface area contributed by atoms with Crippen molar-refractivity contribution in [2.75, 3.05) is 14.1 Å². The fraction of sp³-hybridized carbons (Fsp3) is 0.478. The first kappa shape index (κ1) is 19.4. The van der Waals surface area contributed by atoms with E-state index >= 15 is 0 Å². The molecule has 5 heteroatoms. The molecule has 0 amide bonds. The molecule has 2 aliphatic heterocycles. The van der Waals surface area contributed by atoms with E-state index in [2.05, 4.69) is 14.1 Å². The lowest BCUT2D eigenvalue weighted by Gasteiger charge is -2.45. The van der Waals surface area contributed by atoms with Crippen molar-refractivity contribution in [3.63, 3.8) is 0 Å². The van der Waals surface area contributed by atoms with Gasteiger partial charge in [-0.2, -0.15) is 0 Å². The predicted octanol–water partition coefficient (Wildman–Crippen LogP) is 5.78. The van der Waals surface area contributed by atoms with E-state index in [9.17, 15) is 17.6 Å². The zero-order valence-corrected chi connectivity index (χ0v) is 16.3. The molecule has 0 radical (unpaired) electrons. The van der Waals surface area contributed by atoms with Crippen LogP contribution in [-0.2, 0) is 0 Å². The van der Waals surface area contributed by atoms with Crippen molar-refractivity contribution in [3.05, 3.63) is 70.8 Å². The van der Waals surface area contributed by atoms with Crippen LogP contribution in [0.3, 0.4) is 0 Å². The summed E-state index contributed by atoms with van der Waals surface area (Å²) in [5.41, 5.74) is 0.878. The predicted molar refractivity (Wildman–Crippen MR) is 101 cm³/mol. The maximum Gasteiger partial charge on any atom is 0.126 e. The number of fused-ring (bicyclic) bond motifs is 2. The molecule has 0 saturated carbocycles. The van der Waals surface area contributed by atoms with Crippen molar-refractivity contribution in [1.82, 2.24) is 0 Å². The molecule has 2 aliphatic rings. The van der Waals surface area contributed by atoms with Gasteiger partial charge in [0.05, 0.1) is 26.2 Å². The number of benzene rings is 2. The van der Waals surface area contributed by atoms with Crippen molar-refractivity contribution in [1.29, 1.82) is 0 Å². The number of rotatable bonds is 4. The fourth-order valence-electron chi connectivity index (χ4n) is 5.54. The lowest BCUT2D eigenvalue weighted by atomic mass is 9.78. The normalized spacial score (nSPS) is 26.0. The van der Waals surface area contributed by atoms with Gasteiger partial charge in [0.1, 0.15) is 23.3 Å². The van der Waals surface area contributed by atoms with Gasteiger partial charge in [0, 0.05) is 43.7 Å². The third-order valence-corrected chi connectivity index (χ3v) is 7.07. The molecule has 2 heterocycles. The number of nitrogens with zero attached hydrogens (tertiary/aromatic N) is 1. The molecule has 2 saturated heterocycles. The molecular formula is C23H26F4N+. The van der Waals surface area contributed by atoms with Crippen LogP contribution >= 0.6 is 0 Å². The summed E-state index contributed by atoms with van der Waals surface area (Å²) in [6.45, 7) is 0. The molecular weight excluding hydrogens is 366 g/mol. The Labute approximate surface area is 163 Å². The molecule has 0 N–H and O–H groups in total. The van der Waals surface area contributed by atoms with Crippen molar-refractivity contribution in [3.8, 4) is 0 Å². The molecule has 2 aromatic carbocycles. The number of hydrogen-bond acceptors (Lipinski definition) is 0. The van der Waals surface area contributed by atoms with Crippen LogP contribution in [-0.4, -0.2) is 30.7 Å². The van der Waals surface area contributed by atoms with Gasteiger partial charge in [-0.05, 0) is 47.7 Å². The van der Waals surface area contributed by atoms with Crippen LogP contribution in [0, 0.1) is 29.2 Å². The van der Waals surface area contributed by atoms with Gasteiger partial charge in [0.15, 0.2) is 0 Å². The monoisotopic (exact) mass is 392 g/mol. The van der Waals surface area contributed by atoms with Crippen LogP contribution in [0.2, 0.25) is 0 Å². The van der Waals surface area contributed by atoms with Gasteiger partial charge in [-0.3, -0.25) is 0 Å².